The van der Waals surface area contributed by atoms with Crippen LogP contribution < -0.4 is 9.47 Å². The second kappa shape index (κ2) is 8.62. The van der Waals surface area contributed by atoms with Crippen LogP contribution >= 0.6 is 11.6 Å². The van der Waals surface area contributed by atoms with Crippen LogP contribution in [0, 0.1) is 0 Å². The lowest BCUT2D eigenvalue weighted by atomic mass is 10.1. The lowest BCUT2D eigenvalue weighted by Gasteiger charge is -2.15. The minimum Gasteiger partial charge on any atom is -0.497 e. The number of benzene rings is 2. The van der Waals surface area contributed by atoms with Gasteiger partial charge in [-0.25, -0.2) is 13.2 Å². The Labute approximate surface area is 168 Å². The third kappa shape index (κ3) is 4.82. The summed E-state index contributed by atoms with van der Waals surface area (Å²) < 4.78 is 38.8. The van der Waals surface area contributed by atoms with Crippen LogP contribution in [0.3, 0.4) is 0 Å². The SMILES string of the molecule is COc1ccc(C(=O)[C@H](C)OC(=O)c2cc(S(C)(=O)=O)ccc2Cl)c(OC)c1. The summed E-state index contributed by atoms with van der Waals surface area (Å²) in [5.41, 5.74) is 0.0607. The van der Waals surface area contributed by atoms with Crippen molar-refractivity contribution in [2.45, 2.75) is 17.9 Å². The molecular formula is C19H19ClO7S. The van der Waals surface area contributed by atoms with Crippen molar-refractivity contribution < 1.29 is 32.2 Å². The number of esters is 1. The van der Waals surface area contributed by atoms with Crippen LogP contribution in [0.25, 0.3) is 0 Å². The van der Waals surface area contributed by atoms with Gasteiger partial charge in [0.05, 0.1) is 35.3 Å². The van der Waals surface area contributed by atoms with E-state index in [4.69, 9.17) is 25.8 Å². The van der Waals surface area contributed by atoms with E-state index in [0.717, 1.165) is 12.3 Å². The first-order chi connectivity index (χ1) is 13.1. The van der Waals surface area contributed by atoms with Gasteiger partial charge in [0.2, 0.25) is 5.78 Å². The van der Waals surface area contributed by atoms with Gasteiger partial charge < -0.3 is 14.2 Å². The maximum atomic E-state index is 12.7. The zero-order valence-electron chi connectivity index (χ0n) is 15.7. The molecule has 0 fully saturated rings. The largest absolute Gasteiger partial charge is 0.497 e. The summed E-state index contributed by atoms with van der Waals surface area (Å²) in [7, 11) is -0.658. The first-order valence-electron chi connectivity index (χ1n) is 8.05. The molecule has 7 nitrogen and oxygen atoms in total. The quantitative estimate of drug-likeness (QED) is 0.495. The van der Waals surface area contributed by atoms with Gasteiger partial charge in [0.25, 0.3) is 0 Å². The molecule has 1 atom stereocenters. The molecule has 0 aliphatic heterocycles. The molecule has 0 aliphatic rings. The Kier molecular flexibility index (Phi) is 6.69. The average Bonchev–Trinajstić information content (AvgIpc) is 2.65. The zero-order valence-corrected chi connectivity index (χ0v) is 17.3. The van der Waals surface area contributed by atoms with E-state index in [9.17, 15) is 18.0 Å². The van der Waals surface area contributed by atoms with Crippen molar-refractivity contribution in [1.82, 2.24) is 0 Å². The van der Waals surface area contributed by atoms with E-state index in [-0.39, 0.29) is 26.8 Å². The number of hydrogen-bond acceptors (Lipinski definition) is 7. The molecule has 0 heterocycles. The molecule has 2 aromatic rings. The molecule has 28 heavy (non-hydrogen) atoms. The fourth-order valence-corrected chi connectivity index (χ4v) is 3.23. The summed E-state index contributed by atoms with van der Waals surface area (Å²) in [5, 5.41) is 0.0130. The molecule has 0 spiro atoms. The minimum absolute atomic E-state index is 0.0130. The molecule has 0 amide bonds. The summed E-state index contributed by atoms with van der Waals surface area (Å²) in [5.74, 6) is -0.640. The van der Waals surface area contributed by atoms with Crippen LogP contribution in [0.4, 0.5) is 0 Å². The van der Waals surface area contributed by atoms with E-state index in [1.165, 1.54) is 45.4 Å². The van der Waals surface area contributed by atoms with E-state index in [1.54, 1.807) is 6.07 Å². The number of hydrogen-bond donors (Lipinski definition) is 0. The molecule has 0 radical (unpaired) electrons. The van der Waals surface area contributed by atoms with E-state index in [0.29, 0.717) is 5.75 Å². The Morgan fingerprint density at radius 3 is 2.25 bits per heavy atom. The number of Topliss-reactive ketones (excluding diaryl/α,β-unsaturated/α-hetero) is 1. The number of ketones is 1. The first-order valence-corrected chi connectivity index (χ1v) is 10.3. The third-order valence-corrected chi connectivity index (χ3v) is 5.35. The smallest absolute Gasteiger partial charge is 0.340 e. The molecule has 0 saturated carbocycles. The molecule has 0 saturated heterocycles. The highest BCUT2D eigenvalue weighted by molar-refractivity contribution is 7.90. The van der Waals surface area contributed by atoms with Crippen LogP contribution in [0.5, 0.6) is 11.5 Å². The topological polar surface area (TPSA) is 96.0 Å². The Morgan fingerprint density at radius 2 is 1.68 bits per heavy atom. The molecule has 0 unspecified atom stereocenters. The number of rotatable bonds is 7. The van der Waals surface area contributed by atoms with Crippen LogP contribution in [0.15, 0.2) is 41.3 Å². The van der Waals surface area contributed by atoms with E-state index in [2.05, 4.69) is 0 Å². The van der Waals surface area contributed by atoms with Gasteiger partial charge in [-0.05, 0) is 37.3 Å². The maximum absolute atomic E-state index is 12.7. The van der Waals surface area contributed by atoms with E-state index in [1.807, 2.05) is 0 Å². The van der Waals surface area contributed by atoms with Gasteiger partial charge in [-0.2, -0.15) is 0 Å². The van der Waals surface area contributed by atoms with Gasteiger partial charge in [0, 0.05) is 12.3 Å². The van der Waals surface area contributed by atoms with E-state index < -0.39 is 27.7 Å². The van der Waals surface area contributed by atoms with Gasteiger partial charge in [0.15, 0.2) is 15.9 Å². The zero-order chi connectivity index (χ0) is 21.1. The molecule has 150 valence electrons. The number of carbonyl (C=O) groups excluding carboxylic acids is 2. The molecule has 0 N–H and O–H groups in total. The van der Waals surface area contributed by atoms with Crippen LogP contribution in [-0.2, 0) is 14.6 Å². The summed E-state index contributed by atoms with van der Waals surface area (Å²) in [4.78, 5) is 25.0. The van der Waals surface area contributed by atoms with Gasteiger partial charge in [-0.3, -0.25) is 4.79 Å². The van der Waals surface area contributed by atoms with Crippen molar-refractivity contribution in [1.29, 1.82) is 0 Å². The van der Waals surface area contributed by atoms with Crippen molar-refractivity contribution >= 4 is 33.2 Å². The molecule has 0 aliphatic carbocycles. The second-order valence-electron chi connectivity index (χ2n) is 5.89. The van der Waals surface area contributed by atoms with Crippen molar-refractivity contribution in [3.8, 4) is 11.5 Å². The van der Waals surface area contributed by atoms with Crippen molar-refractivity contribution in [2.24, 2.45) is 0 Å². The highest BCUT2D eigenvalue weighted by Gasteiger charge is 2.25. The van der Waals surface area contributed by atoms with Crippen molar-refractivity contribution in [3.05, 3.63) is 52.5 Å². The molecular weight excluding hydrogens is 408 g/mol. The number of sulfone groups is 1. The highest BCUT2D eigenvalue weighted by atomic mass is 35.5. The molecule has 2 rings (SSSR count). The predicted octanol–water partition coefficient (Wildman–Crippen LogP) is 3.19. The summed E-state index contributed by atoms with van der Waals surface area (Å²) in [6, 6.07) is 8.30. The van der Waals surface area contributed by atoms with Crippen molar-refractivity contribution in [2.75, 3.05) is 20.5 Å². The van der Waals surface area contributed by atoms with Crippen LogP contribution in [0.1, 0.15) is 27.6 Å². The third-order valence-electron chi connectivity index (χ3n) is 3.91. The van der Waals surface area contributed by atoms with Gasteiger partial charge >= 0.3 is 5.97 Å². The predicted molar refractivity (Wildman–Crippen MR) is 103 cm³/mol. The second-order valence-corrected chi connectivity index (χ2v) is 8.31. The Bertz CT molecular complexity index is 1010. The lowest BCUT2D eigenvalue weighted by molar-refractivity contribution is 0.0317. The number of ether oxygens (including phenoxy) is 3. The molecule has 0 aromatic heterocycles. The Morgan fingerprint density at radius 1 is 1.00 bits per heavy atom. The minimum atomic E-state index is -3.54. The Hall–Kier alpha value is -2.58. The standard InChI is InChI=1S/C19H19ClO7S/c1-11(18(21)14-7-5-12(25-2)9-17(14)26-3)27-19(22)15-10-13(28(4,23)24)6-8-16(15)20/h5-11H,1-4H3/t11-/m0/s1. The fraction of sp³-hybridized carbons (Fsp3) is 0.263. The summed E-state index contributed by atoms with van der Waals surface area (Å²) in [6.07, 6.45) is -0.152. The van der Waals surface area contributed by atoms with Crippen LogP contribution in [0.2, 0.25) is 5.02 Å². The number of halogens is 1. The fourth-order valence-electron chi connectivity index (χ4n) is 2.39. The number of carbonyl (C=O) groups is 2. The van der Waals surface area contributed by atoms with Gasteiger partial charge in [-0.1, -0.05) is 11.6 Å². The summed E-state index contributed by atoms with van der Waals surface area (Å²) >= 11 is 5.99. The lowest BCUT2D eigenvalue weighted by Crippen LogP contribution is -2.25. The molecule has 0 bridgehead atoms. The monoisotopic (exact) mass is 426 g/mol. The Balaban J connectivity index is 2.27. The number of methoxy groups -OCH3 is 2. The average molecular weight is 427 g/mol. The first kappa shape index (κ1) is 21.7. The van der Waals surface area contributed by atoms with Crippen molar-refractivity contribution in [3.63, 3.8) is 0 Å². The van der Waals surface area contributed by atoms with E-state index >= 15 is 0 Å². The van der Waals surface area contributed by atoms with Gasteiger partial charge in [0.1, 0.15) is 11.5 Å². The van der Waals surface area contributed by atoms with Gasteiger partial charge in [-0.15, -0.1) is 0 Å². The summed E-state index contributed by atoms with van der Waals surface area (Å²) in [6.45, 7) is 1.40. The maximum Gasteiger partial charge on any atom is 0.340 e. The molecule has 9 heteroatoms. The normalized spacial score (nSPS) is 12.2. The van der Waals surface area contributed by atoms with Crippen LogP contribution in [-0.4, -0.2) is 46.7 Å². The highest BCUT2D eigenvalue weighted by Crippen LogP contribution is 2.27. The molecule has 2 aromatic carbocycles.